The average Bonchev–Trinajstić information content (AvgIpc) is 2.72. The molecule has 2 fully saturated rings. The Hall–Kier alpha value is -2.12. The van der Waals surface area contributed by atoms with Crippen molar-refractivity contribution in [1.29, 1.82) is 0 Å². The van der Waals surface area contributed by atoms with E-state index in [-0.39, 0.29) is 17.9 Å². The Labute approximate surface area is 154 Å². The number of amides is 2. The molecule has 3 rings (SSSR count). The summed E-state index contributed by atoms with van der Waals surface area (Å²) in [5.74, 6) is 0.990. The lowest BCUT2D eigenvalue weighted by molar-refractivity contribution is -0.149. The molecule has 0 aliphatic carbocycles. The summed E-state index contributed by atoms with van der Waals surface area (Å²) in [5.41, 5.74) is 1.12. The fourth-order valence-corrected chi connectivity index (χ4v) is 3.31. The van der Waals surface area contributed by atoms with Gasteiger partial charge in [-0.15, -0.1) is 0 Å². The monoisotopic (exact) mass is 361 g/mol. The first-order chi connectivity index (χ1) is 12.7. The Morgan fingerprint density at radius 1 is 1.15 bits per heavy atom. The first-order valence-corrected chi connectivity index (χ1v) is 9.19. The first kappa shape index (κ1) is 18.7. The van der Waals surface area contributed by atoms with Crippen molar-refractivity contribution in [3.8, 4) is 5.75 Å². The normalized spacial score (nSPS) is 20.7. The van der Waals surface area contributed by atoms with E-state index in [1.165, 1.54) is 0 Å². The zero-order valence-corrected chi connectivity index (χ0v) is 15.3. The summed E-state index contributed by atoms with van der Waals surface area (Å²) in [6, 6.07) is 7.79. The van der Waals surface area contributed by atoms with Crippen molar-refractivity contribution in [3.05, 3.63) is 29.8 Å². The molecule has 2 aliphatic heterocycles. The highest BCUT2D eigenvalue weighted by Gasteiger charge is 2.30. The highest BCUT2D eigenvalue weighted by atomic mass is 16.5. The molecule has 1 atom stereocenters. The lowest BCUT2D eigenvalue weighted by Crippen LogP contribution is -2.56. The van der Waals surface area contributed by atoms with Gasteiger partial charge in [0.1, 0.15) is 11.9 Å². The predicted octanol–water partition coefficient (Wildman–Crippen LogP) is 0.287. The van der Waals surface area contributed by atoms with Crippen molar-refractivity contribution in [1.82, 2.24) is 15.1 Å². The number of carbonyl (C=O) groups excluding carboxylic acids is 2. The predicted molar refractivity (Wildman–Crippen MR) is 97.1 cm³/mol. The molecule has 0 bridgehead atoms. The van der Waals surface area contributed by atoms with E-state index in [2.05, 4.69) is 5.32 Å². The lowest BCUT2D eigenvalue weighted by atomic mass is 10.1. The molecule has 7 heteroatoms. The second-order valence-electron chi connectivity index (χ2n) is 6.62. The molecule has 0 aromatic heterocycles. The molecule has 26 heavy (non-hydrogen) atoms. The minimum absolute atomic E-state index is 0.0301. The molecule has 1 N–H and O–H groups in total. The van der Waals surface area contributed by atoms with E-state index in [0.29, 0.717) is 52.2 Å². The summed E-state index contributed by atoms with van der Waals surface area (Å²) in [4.78, 5) is 28.5. The molecule has 2 aliphatic rings. The zero-order valence-electron chi connectivity index (χ0n) is 15.3. The maximum absolute atomic E-state index is 12.4. The van der Waals surface area contributed by atoms with Crippen LogP contribution in [0.4, 0.5) is 0 Å². The van der Waals surface area contributed by atoms with Crippen LogP contribution in [0, 0.1) is 0 Å². The third kappa shape index (κ3) is 4.74. The number of rotatable bonds is 5. The second-order valence-corrected chi connectivity index (χ2v) is 6.62. The highest BCUT2D eigenvalue weighted by Crippen LogP contribution is 2.14. The summed E-state index contributed by atoms with van der Waals surface area (Å²) in [6.07, 6.45) is 0.806. The van der Waals surface area contributed by atoms with Gasteiger partial charge in [0.2, 0.25) is 5.91 Å². The van der Waals surface area contributed by atoms with Gasteiger partial charge in [-0.2, -0.15) is 0 Å². The van der Waals surface area contributed by atoms with Gasteiger partial charge >= 0.3 is 0 Å². The second kappa shape index (κ2) is 9.00. The smallest absolute Gasteiger partial charge is 0.253 e. The van der Waals surface area contributed by atoms with E-state index >= 15 is 0 Å². The number of benzene rings is 1. The van der Waals surface area contributed by atoms with Crippen molar-refractivity contribution in [2.75, 3.05) is 53.0 Å². The molecule has 2 heterocycles. The Bertz CT molecular complexity index is 606. The Balaban J connectivity index is 1.42. The van der Waals surface area contributed by atoms with Crippen LogP contribution in [-0.2, 0) is 20.7 Å². The minimum Gasteiger partial charge on any atom is -0.497 e. The van der Waals surface area contributed by atoms with Gasteiger partial charge in [0, 0.05) is 45.7 Å². The summed E-state index contributed by atoms with van der Waals surface area (Å²) in [7, 11) is 1.64. The third-order valence-corrected chi connectivity index (χ3v) is 4.93. The SMILES string of the molecule is COc1ccc(CCC(=O)N2CCN(C(=O)C3CNCCO3)CC2)cc1. The van der Waals surface area contributed by atoms with Crippen LogP contribution in [0.15, 0.2) is 24.3 Å². The van der Waals surface area contributed by atoms with Crippen LogP contribution in [-0.4, -0.2) is 80.7 Å². The number of methoxy groups -OCH3 is 1. The van der Waals surface area contributed by atoms with Crippen molar-refractivity contribution >= 4 is 11.8 Å². The van der Waals surface area contributed by atoms with Gasteiger partial charge in [-0.25, -0.2) is 0 Å². The molecule has 2 amide bonds. The molecule has 0 spiro atoms. The molecule has 7 nitrogen and oxygen atoms in total. The molecule has 0 radical (unpaired) electrons. The standard InChI is InChI=1S/C19H27N3O4/c1-25-16-5-2-15(3-6-16)4-7-18(23)21-9-11-22(12-10-21)19(24)17-14-20-8-13-26-17/h2-3,5-6,17,20H,4,7-14H2,1H3. The topological polar surface area (TPSA) is 71.1 Å². The van der Waals surface area contributed by atoms with Gasteiger partial charge in [-0.1, -0.05) is 12.1 Å². The van der Waals surface area contributed by atoms with Crippen LogP contribution in [0.5, 0.6) is 5.75 Å². The van der Waals surface area contributed by atoms with Crippen LogP contribution in [0.2, 0.25) is 0 Å². The van der Waals surface area contributed by atoms with E-state index in [1.54, 1.807) is 7.11 Å². The lowest BCUT2D eigenvalue weighted by Gasteiger charge is -2.37. The van der Waals surface area contributed by atoms with Gasteiger partial charge in [0.15, 0.2) is 0 Å². The van der Waals surface area contributed by atoms with Crippen molar-refractivity contribution in [2.45, 2.75) is 18.9 Å². The van der Waals surface area contributed by atoms with Crippen molar-refractivity contribution in [3.63, 3.8) is 0 Å². The summed E-state index contributed by atoms with van der Waals surface area (Å²) >= 11 is 0. The van der Waals surface area contributed by atoms with E-state index in [1.807, 2.05) is 34.1 Å². The number of hydrogen-bond donors (Lipinski definition) is 1. The molecular weight excluding hydrogens is 334 g/mol. The Kier molecular flexibility index (Phi) is 6.46. The van der Waals surface area contributed by atoms with Crippen LogP contribution >= 0.6 is 0 Å². The number of nitrogens with one attached hydrogen (secondary N) is 1. The van der Waals surface area contributed by atoms with Crippen LogP contribution < -0.4 is 10.1 Å². The van der Waals surface area contributed by atoms with E-state index in [4.69, 9.17) is 9.47 Å². The molecule has 1 aromatic rings. The van der Waals surface area contributed by atoms with Gasteiger partial charge in [0.25, 0.3) is 5.91 Å². The van der Waals surface area contributed by atoms with Gasteiger partial charge in [-0.05, 0) is 24.1 Å². The maximum atomic E-state index is 12.4. The number of morpholine rings is 1. The molecular formula is C19H27N3O4. The average molecular weight is 361 g/mol. The zero-order chi connectivity index (χ0) is 18.4. The van der Waals surface area contributed by atoms with Gasteiger partial charge in [-0.3, -0.25) is 9.59 Å². The quantitative estimate of drug-likeness (QED) is 0.816. The van der Waals surface area contributed by atoms with E-state index in [9.17, 15) is 9.59 Å². The Morgan fingerprint density at radius 3 is 2.46 bits per heavy atom. The van der Waals surface area contributed by atoms with Gasteiger partial charge < -0.3 is 24.6 Å². The molecule has 1 unspecified atom stereocenters. The molecule has 2 saturated heterocycles. The van der Waals surface area contributed by atoms with Gasteiger partial charge in [0.05, 0.1) is 13.7 Å². The summed E-state index contributed by atoms with van der Waals surface area (Å²) in [6.45, 7) is 4.26. The summed E-state index contributed by atoms with van der Waals surface area (Å²) < 4.78 is 10.7. The Morgan fingerprint density at radius 2 is 1.85 bits per heavy atom. The largest absolute Gasteiger partial charge is 0.497 e. The number of nitrogens with zero attached hydrogens (tertiary/aromatic N) is 2. The van der Waals surface area contributed by atoms with Crippen molar-refractivity contribution in [2.24, 2.45) is 0 Å². The number of piperazine rings is 1. The maximum Gasteiger partial charge on any atom is 0.253 e. The van der Waals surface area contributed by atoms with E-state index in [0.717, 1.165) is 17.9 Å². The molecule has 142 valence electrons. The summed E-state index contributed by atoms with van der Waals surface area (Å²) in [5, 5.41) is 3.18. The number of hydrogen-bond acceptors (Lipinski definition) is 5. The number of ether oxygens (including phenoxy) is 2. The fourth-order valence-electron chi connectivity index (χ4n) is 3.31. The molecule has 1 aromatic carbocycles. The first-order valence-electron chi connectivity index (χ1n) is 9.19. The fraction of sp³-hybridized carbons (Fsp3) is 0.579. The van der Waals surface area contributed by atoms with Crippen molar-refractivity contribution < 1.29 is 19.1 Å². The minimum atomic E-state index is -0.388. The van der Waals surface area contributed by atoms with Crippen LogP contribution in [0.25, 0.3) is 0 Å². The van der Waals surface area contributed by atoms with Crippen LogP contribution in [0.1, 0.15) is 12.0 Å². The molecule has 0 saturated carbocycles. The van der Waals surface area contributed by atoms with Crippen LogP contribution in [0.3, 0.4) is 0 Å². The number of carbonyl (C=O) groups is 2. The van der Waals surface area contributed by atoms with E-state index < -0.39 is 0 Å². The number of aryl methyl sites for hydroxylation is 1. The highest BCUT2D eigenvalue weighted by molar-refractivity contribution is 5.82. The third-order valence-electron chi connectivity index (χ3n) is 4.93.